The molecule has 0 radical (unpaired) electrons. The zero-order valence-electron chi connectivity index (χ0n) is 11.0. The molecule has 0 aliphatic carbocycles. The number of carbonyl (C=O) groups excluding carboxylic acids is 1. The average Bonchev–Trinajstić information content (AvgIpc) is 2.63. The van der Waals surface area contributed by atoms with E-state index in [4.69, 9.17) is 0 Å². The minimum atomic E-state index is 0.282. The van der Waals surface area contributed by atoms with Gasteiger partial charge >= 0.3 is 6.03 Å². The van der Waals surface area contributed by atoms with Crippen molar-refractivity contribution in [2.45, 2.75) is 44.6 Å². The molecule has 2 heterocycles. The van der Waals surface area contributed by atoms with E-state index >= 15 is 0 Å². The second kappa shape index (κ2) is 6.24. The van der Waals surface area contributed by atoms with E-state index in [1.54, 1.807) is 0 Å². The molecule has 1 N–H and O–H groups in total. The highest BCUT2D eigenvalue weighted by molar-refractivity contribution is 5.75. The van der Waals surface area contributed by atoms with Crippen LogP contribution in [-0.4, -0.2) is 55.1 Å². The zero-order chi connectivity index (χ0) is 12.1. The lowest BCUT2D eigenvalue weighted by Gasteiger charge is -2.31. The molecule has 2 amide bonds. The minimum Gasteiger partial charge on any atom is -0.325 e. The van der Waals surface area contributed by atoms with Crippen molar-refractivity contribution in [3.05, 3.63) is 0 Å². The van der Waals surface area contributed by atoms with E-state index in [1.165, 1.54) is 25.7 Å². The maximum Gasteiger partial charge on any atom is 0.320 e. The molecule has 2 aliphatic rings. The summed E-state index contributed by atoms with van der Waals surface area (Å²) < 4.78 is 0. The monoisotopic (exact) mass is 239 g/mol. The molecule has 0 bridgehead atoms. The van der Waals surface area contributed by atoms with Crippen molar-refractivity contribution in [2.75, 3.05) is 33.2 Å². The summed E-state index contributed by atoms with van der Waals surface area (Å²) in [6.45, 7) is 3.80. The maximum atomic E-state index is 12.5. The molecule has 2 fully saturated rings. The molecule has 2 saturated heterocycles. The van der Waals surface area contributed by atoms with Crippen LogP contribution >= 0.6 is 0 Å². The first-order chi connectivity index (χ1) is 8.33. The SMILES string of the molecule is CNCC1CCCN1C(=O)N1CCCCCC1. The third-order valence-electron chi connectivity index (χ3n) is 3.94. The van der Waals surface area contributed by atoms with E-state index in [1.807, 2.05) is 7.05 Å². The van der Waals surface area contributed by atoms with Crippen LogP contribution < -0.4 is 5.32 Å². The minimum absolute atomic E-state index is 0.282. The molecule has 0 spiro atoms. The van der Waals surface area contributed by atoms with Crippen molar-refractivity contribution < 1.29 is 4.79 Å². The van der Waals surface area contributed by atoms with Crippen LogP contribution in [0.25, 0.3) is 0 Å². The highest BCUT2D eigenvalue weighted by Gasteiger charge is 2.31. The number of nitrogens with zero attached hydrogens (tertiary/aromatic N) is 2. The number of likely N-dealkylation sites (tertiary alicyclic amines) is 2. The Balaban J connectivity index is 1.92. The molecule has 1 atom stereocenters. The Morgan fingerprint density at radius 1 is 1.12 bits per heavy atom. The van der Waals surface area contributed by atoms with E-state index in [0.717, 1.165) is 39.0 Å². The van der Waals surface area contributed by atoms with Gasteiger partial charge in [-0.3, -0.25) is 0 Å². The van der Waals surface area contributed by atoms with Gasteiger partial charge in [-0.2, -0.15) is 0 Å². The van der Waals surface area contributed by atoms with E-state index in [9.17, 15) is 4.79 Å². The van der Waals surface area contributed by atoms with Crippen molar-refractivity contribution in [3.63, 3.8) is 0 Å². The Labute approximate surface area is 104 Å². The zero-order valence-corrected chi connectivity index (χ0v) is 11.0. The highest BCUT2D eigenvalue weighted by Crippen LogP contribution is 2.20. The van der Waals surface area contributed by atoms with Crippen LogP contribution in [0.15, 0.2) is 0 Å². The van der Waals surface area contributed by atoms with Gasteiger partial charge in [0.1, 0.15) is 0 Å². The first-order valence-corrected chi connectivity index (χ1v) is 7.03. The first-order valence-electron chi connectivity index (χ1n) is 7.03. The number of rotatable bonds is 2. The molecule has 17 heavy (non-hydrogen) atoms. The molecule has 0 aromatic carbocycles. The summed E-state index contributed by atoms with van der Waals surface area (Å²) >= 11 is 0. The number of hydrogen-bond donors (Lipinski definition) is 1. The van der Waals surface area contributed by atoms with Crippen LogP contribution in [0.5, 0.6) is 0 Å². The third-order valence-corrected chi connectivity index (χ3v) is 3.94. The Morgan fingerprint density at radius 3 is 2.47 bits per heavy atom. The number of hydrogen-bond acceptors (Lipinski definition) is 2. The van der Waals surface area contributed by atoms with Crippen molar-refractivity contribution in [1.82, 2.24) is 15.1 Å². The van der Waals surface area contributed by atoms with Crippen LogP contribution in [-0.2, 0) is 0 Å². The van der Waals surface area contributed by atoms with Crippen molar-refractivity contribution in [3.8, 4) is 0 Å². The van der Waals surface area contributed by atoms with Crippen LogP contribution in [0, 0.1) is 0 Å². The van der Waals surface area contributed by atoms with Crippen LogP contribution in [0.1, 0.15) is 38.5 Å². The van der Waals surface area contributed by atoms with Crippen LogP contribution in [0.4, 0.5) is 4.79 Å². The Morgan fingerprint density at radius 2 is 1.82 bits per heavy atom. The standard InChI is InChI=1S/C13H25N3O/c1-14-11-12-7-6-10-16(12)13(17)15-8-4-2-3-5-9-15/h12,14H,2-11H2,1H3. The van der Waals surface area contributed by atoms with Crippen molar-refractivity contribution >= 4 is 6.03 Å². The molecular formula is C13H25N3O. The summed E-state index contributed by atoms with van der Waals surface area (Å²) in [6.07, 6.45) is 7.23. The van der Waals surface area contributed by atoms with Crippen LogP contribution in [0.3, 0.4) is 0 Å². The molecular weight excluding hydrogens is 214 g/mol. The van der Waals surface area contributed by atoms with Gasteiger partial charge in [-0.05, 0) is 32.7 Å². The van der Waals surface area contributed by atoms with Gasteiger partial charge in [-0.15, -0.1) is 0 Å². The van der Waals surface area contributed by atoms with E-state index < -0.39 is 0 Å². The van der Waals surface area contributed by atoms with E-state index in [2.05, 4.69) is 15.1 Å². The summed E-state index contributed by atoms with van der Waals surface area (Å²) in [6, 6.07) is 0.695. The Hall–Kier alpha value is -0.770. The van der Waals surface area contributed by atoms with Crippen molar-refractivity contribution in [2.24, 2.45) is 0 Å². The maximum absolute atomic E-state index is 12.5. The van der Waals surface area contributed by atoms with Gasteiger partial charge in [0.2, 0.25) is 0 Å². The highest BCUT2D eigenvalue weighted by atomic mass is 16.2. The third kappa shape index (κ3) is 3.12. The van der Waals surface area contributed by atoms with Gasteiger partial charge < -0.3 is 15.1 Å². The van der Waals surface area contributed by atoms with Gasteiger partial charge in [-0.25, -0.2) is 4.79 Å². The molecule has 4 heteroatoms. The van der Waals surface area contributed by atoms with E-state index in [-0.39, 0.29) is 6.03 Å². The van der Waals surface area contributed by atoms with Crippen molar-refractivity contribution in [1.29, 1.82) is 0 Å². The van der Waals surface area contributed by atoms with Gasteiger partial charge in [0.25, 0.3) is 0 Å². The topological polar surface area (TPSA) is 35.6 Å². The summed E-state index contributed by atoms with van der Waals surface area (Å²) in [5.41, 5.74) is 0. The molecule has 2 rings (SSSR count). The fourth-order valence-electron chi connectivity index (χ4n) is 2.98. The summed E-state index contributed by atoms with van der Waals surface area (Å²) in [7, 11) is 1.97. The van der Waals surface area contributed by atoms with E-state index in [0.29, 0.717) is 6.04 Å². The molecule has 0 aromatic rings. The molecule has 98 valence electrons. The lowest BCUT2D eigenvalue weighted by Crippen LogP contribution is -2.48. The summed E-state index contributed by atoms with van der Waals surface area (Å²) in [5.74, 6) is 0. The van der Waals surface area contributed by atoms with Gasteiger partial charge in [-0.1, -0.05) is 12.8 Å². The predicted molar refractivity (Wildman–Crippen MR) is 69.1 cm³/mol. The molecule has 2 aliphatic heterocycles. The largest absolute Gasteiger partial charge is 0.325 e. The number of urea groups is 1. The van der Waals surface area contributed by atoms with Crippen LogP contribution in [0.2, 0.25) is 0 Å². The second-order valence-corrected chi connectivity index (χ2v) is 5.23. The smallest absolute Gasteiger partial charge is 0.320 e. The second-order valence-electron chi connectivity index (χ2n) is 5.23. The summed E-state index contributed by atoms with van der Waals surface area (Å²) in [4.78, 5) is 16.6. The Bertz CT molecular complexity index is 249. The lowest BCUT2D eigenvalue weighted by molar-refractivity contribution is 0.149. The fraction of sp³-hybridized carbons (Fsp3) is 0.923. The fourth-order valence-corrected chi connectivity index (χ4v) is 2.98. The first kappa shape index (κ1) is 12.7. The number of amides is 2. The number of likely N-dealkylation sites (N-methyl/N-ethyl adjacent to an activating group) is 1. The Kier molecular flexibility index (Phi) is 4.66. The lowest BCUT2D eigenvalue weighted by atomic mass is 10.2. The van der Waals surface area contributed by atoms with Gasteiger partial charge in [0, 0.05) is 32.2 Å². The average molecular weight is 239 g/mol. The number of carbonyl (C=O) groups is 1. The predicted octanol–water partition coefficient (Wildman–Crippen LogP) is 1.67. The summed E-state index contributed by atoms with van der Waals surface area (Å²) in [5, 5.41) is 3.20. The normalized spacial score (nSPS) is 26.1. The molecule has 1 unspecified atom stereocenters. The quantitative estimate of drug-likeness (QED) is 0.795. The number of nitrogens with one attached hydrogen (secondary N) is 1. The van der Waals surface area contributed by atoms with Gasteiger partial charge in [0.15, 0.2) is 0 Å². The van der Waals surface area contributed by atoms with Gasteiger partial charge in [0.05, 0.1) is 0 Å². The molecule has 0 saturated carbocycles. The molecule has 4 nitrogen and oxygen atoms in total. The molecule has 0 aromatic heterocycles.